The van der Waals surface area contributed by atoms with Crippen LogP contribution in [0.1, 0.15) is 65.2 Å². The van der Waals surface area contributed by atoms with E-state index in [4.69, 9.17) is 4.74 Å². The second kappa shape index (κ2) is 10.6. The van der Waals surface area contributed by atoms with Crippen LogP contribution in [0.2, 0.25) is 0 Å². The molecular weight excluding hydrogens is 238 g/mol. The van der Waals surface area contributed by atoms with Gasteiger partial charge in [-0.1, -0.05) is 33.1 Å². The fourth-order valence-corrected chi connectivity index (χ4v) is 2.65. The molecule has 1 atom stereocenters. The van der Waals surface area contributed by atoms with Crippen molar-refractivity contribution in [3.05, 3.63) is 0 Å². The Kier molecular flexibility index (Phi) is 9.48. The molecule has 2 N–H and O–H groups in total. The van der Waals surface area contributed by atoms with Gasteiger partial charge in [0.25, 0.3) is 0 Å². The van der Waals surface area contributed by atoms with Gasteiger partial charge in [-0.05, 0) is 44.6 Å². The number of aliphatic hydroxyl groups excluding tert-OH is 1. The Morgan fingerprint density at radius 3 is 2.58 bits per heavy atom. The van der Waals surface area contributed by atoms with Gasteiger partial charge in [-0.15, -0.1) is 0 Å². The summed E-state index contributed by atoms with van der Waals surface area (Å²) in [6.07, 6.45) is 9.99. The monoisotopic (exact) mass is 271 g/mol. The van der Waals surface area contributed by atoms with Gasteiger partial charge in [0.2, 0.25) is 0 Å². The Balaban J connectivity index is 1.91. The van der Waals surface area contributed by atoms with Crippen LogP contribution in [0.4, 0.5) is 0 Å². The van der Waals surface area contributed by atoms with Gasteiger partial charge in [0, 0.05) is 6.54 Å². The van der Waals surface area contributed by atoms with E-state index in [-0.39, 0.29) is 6.10 Å². The number of hydrogen-bond acceptors (Lipinski definition) is 3. The SMILES string of the molecule is CCCCCCNCC(O)COC1CCC(C)CC1. The highest BCUT2D eigenvalue weighted by Gasteiger charge is 2.19. The van der Waals surface area contributed by atoms with E-state index in [2.05, 4.69) is 19.2 Å². The molecular formula is C16H33NO2. The molecule has 0 saturated heterocycles. The molecule has 1 unspecified atom stereocenters. The van der Waals surface area contributed by atoms with Gasteiger partial charge < -0.3 is 15.2 Å². The van der Waals surface area contributed by atoms with Crippen molar-refractivity contribution in [2.24, 2.45) is 5.92 Å². The summed E-state index contributed by atoms with van der Waals surface area (Å²) in [6, 6.07) is 0. The number of hydrogen-bond donors (Lipinski definition) is 2. The lowest BCUT2D eigenvalue weighted by Gasteiger charge is -2.27. The molecule has 1 aliphatic carbocycles. The second-order valence-corrected chi connectivity index (χ2v) is 6.13. The number of unbranched alkanes of at least 4 members (excludes halogenated alkanes) is 3. The van der Waals surface area contributed by atoms with Crippen molar-refractivity contribution in [1.82, 2.24) is 5.32 Å². The zero-order valence-electron chi connectivity index (χ0n) is 12.9. The van der Waals surface area contributed by atoms with Crippen molar-refractivity contribution in [3.8, 4) is 0 Å². The Morgan fingerprint density at radius 1 is 1.16 bits per heavy atom. The standard InChI is InChI=1S/C16H33NO2/c1-3-4-5-6-11-17-12-15(18)13-19-16-9-7-14(2)8-10-16/h14-18H,3-13H2,1-2H3. The fraction of sp³-hybridized carbons (Fsp3) is 1.00. The van der Waals surface area contributed by atoms with E-state index >= 15 is 0 Å². The zero-order valence-corrected chi connectivity index (χ0v) is 12.9. The maximum absolute atomic E-state index is 9.85. The van der Waals surface area contributed by atoms with Crippen LogP contribution in [0.25, 0.3) is 0 Å². The van der Waals surface area contributed by atoms with E-state index in [0.717, 1.165) is 12.5 Å². The van der Waals surface area contributed by atoms with Crippen molar-refractivity contribution in [3.63, 3.8) is 0 Å². The molecule has 0 aromatic carbocycles. The van der Waals surface area contributed by atoms with Crippen LogP contribution in [0, 0.1) is 5.92 Å². The summed E-state index contributed by atoms with van der Waals surface area (Å²) in [4.78, 5) is 0. The van der Waals surface area contributed by atoms with Gasteiger partial charge in [0.15, 0.2) is 0 Å². The Morgan fingerprint density at radius 2 is 1.89 bits per heavy atom. The zero-order chi connectivity index (χ0) is 13.9. The molecule has 3 nitrogen and oxygen atoms in total. The van der Waals surface area contributed by atoms with Crippen LogP contribution in [-0.4, -0.2) is 37.0 Å². The molecule has 0 radical (unpaired) electrons. The molecule has 3 heteroatoms. The van der Waals surface area contributed by atoms with Gasteiger partial charge in [0.1, 0.15) is 0 Å². The normalized spacial score (nSPS) is 25.4. The highest BCUT2D eigenvalue weighted by atomic mass is 16.5. The van der Waals surface area contributed by atoms with E-state index in [1.54, 1.807) is 0 Å². The van der Waals surface area contributed by atoms with Gasteiger partial charge in [-0.3, -0.25) is 0 Å². The third kappa shape index (κ3) is 8.61. The molecule has 1 fully saturated rings. The number of rotatable bonds is 10. The minimum atomic E-state index is -0.356. The van der Waals surface area contributed by atoms with Gasteiger partial charge in [-0.2, -0.15) is 0 Å². The number of aliphatic hydroxyl groups is 1. The summed E-state index contributed by atoms with van der Waals surface area (Å²) in [5, 5.41) is 13.2. The minimum absolute atomic E-state index is 0.356. The first-order chi connectivity index (χ1) is 9.22. The topological polar surface area (TPSA) is 41.5 Å². The van der Waals surface area contributed by atoms with Crippen LogP contribution in [0.5, 0.6) is 0 Å². The predicted molar refractivity (Wildman–Crippen MR) is 80.4 cm³/mol. The van der Waals surface area contributed by atoms with E-state index < -0.39 is 0 Å². The van der Waals surface area contributed by atoms with Crippen molar-refractivity contribution in [2.45, 2.75) is 77.4 Å². The quantitative estimate of drug-likeness (QED) is 0.600. The predicted octanol–water partition coefficient (Wildman–Crippen LogP) is 3.11. The van der Waals surface area contributed by atoms with E-state index in [1.165, 1.54) is 51.4 Å². The summed E-state index contributed by atoms with van der Waals surface area (Å²) in [5.41, 5.74) is 0. The lowest BCUT2D eigenvalue weighted by Crippen LogP contribution is -2.33. The molecule has 19 heavy (non-hydrogen) atoms. The summed E-state index contributed by atoms with van der Waals surface area (Å²) in [6.45, 7) is 6.70. The number of ether oxygens (including phenoxy) is 1. The first-order valence-electron chi connectivity index (χ1n) is 8.22. The average molecular weight is 271 g/mol. The summed E-state index contributed by atoms with van der Waals surface area (Å²) < 4.78 is 5.80. The second-order valence-electron chi connectivity index (χ2n) is 6.13. The van der Waals surface area contributed by atoms with Crippen LogP contribution in [-0.2, 0) is 4.74 Å². The molecule has 1 aliphatic rings. The van der Waals surface area contributed by atoms with Crippen LogP contribution >= 0.6 is 0 Å². The van der Waals surface area contributed by atoms with Crippen LogP contribution < -0.4 is 5.32 Å². The average Bonchev–Trinajstić information content (AvgIpc) is 2.42. The molecule has 0 aromatic rings. The first-order valence-corrected chi connectivity index (χ1v) is 8.22. The van der Waals surface area contributed by atoms with Gasteiger partial charge in [0.05, 0.1) is 18.8 Å². The van der Waals surface area contributed by atoms with E-state index in [1.807, 2.05) is 0 Å². The van der Waals surface area contributed by atoms with Crippen molar-refractivity contribution >= 4 is 0 Å². The fourth-order valence-electron chi connectivity index (χ4n) is 2.65. The van der Waals surface area contributed by atoms with Crippen molar-refractivity contribution in [2.75, 3.05) is 19.7 Å². The summed E-state index contributed by atoms with van der Waals surface area (Å²) in [5.74, 6) is 0.856. The van der Waals surface area contributed by atoms with E-state index in [9.17, 15) is 5.11 Å². The van der Waals surface area contributed by atoms with E-state index in [0.29, 0.717) is 19.3 Å². The number of nitrogens with one attached hydrogen (secondary N) is 1. The maximum atomic E-state index is 9.85. The van der Waals surface area contributed by atoms with Gasteiger partial charge >= 0.3 is 0 Å². The molecule has 0 heterocycles. The lowest BCUT2D eigenvalue weighted by molar-refractivity contribution is -0.0277. The van der Waals surface area contributed by atoms with Gasteiger partial charge in [-0.25, -0.2) is 0 Å². The van der Waals surface area contributed by atoms with Crippen molar-refractivity contribution in [1.29, 1.82) is 0 Å². The summed E-state index contributed by atoms with van der Waals surface area (Å²) >= 11 is 0. The molecule has 0 spiro atoms. The minimum Gasteiger partial charge on any atom is -0.389 e. The molecule has 0 aliphatic heterocycles. The largest absolute Gasteiger partial charge is 0.389 e. The molecule has 0 bridgehead atoms. The Hall–Kier alpha value is -0.120. The van der Waals surface area contributed by atoms with Crippen LogP contribution in [0.15, 0.2) is 0 Å². The Bertz CT molecular complexity index is 203. The van der Waals surface area contributed by atoms with Crippen molar-refractivity contribution < 1.29 is 9.84 Å². The highest BCUT2D eigenvalue weighted by Crippen LogP contribution is 2.25. The lowest BCUT2D eigenvalue weighted by atomic mass is 9.89. The summed E-state index contributed by atoms with van der Waals surface area (Å²) in [7, 11) is 0. The van der Waals surface area contributed by atoms with Crippen LogP contribution in [0.3, 0.4) is 0 Å². The third-order valence-corrected chi connectivity index (χ3v) is 4.07. The third-order valence-electron chi connectivity index (χ3n) is 4.07. The molecule has 0 amide bonds. The molecule has 1 rings (SSSR count). The first kappa shape index (κ1) is 16.9. The smallest absolute Gasteiger partial charge is 0.0897 e. The molecule has 114 valence electrons. The Labute approximate surface area is 119 Å². The maximum Gasteiger partial charge on any atom is 0.0897 e. The highest BCUT2D eigenvalue weighted by molar-refractivity contribution is 4.71. The molecule has 0 aromatic heterocycles. The molecule has 1 saturated carbocycles.